The first-order valence-corrected chi connectivity index (χ1v) is 6.12. The van der Waals surface area contributed by atoms with Gasteiger partial charge in [0.25, 0.3) is 5.91 Å². The summed E-state index contributed by atoms with van der Waals surface area (Å²) in [5, 5.41) is 21.5. The first kappa shape index (κ1) is 15.0. The van der Waals surface area contributed by atoms with Crippen LogP contribution in [-0.2, 0) is 4.79 Å². The number of carbonyl (C=O) groups excluding carboxylic acids is 1. The van der Waals surface area contributed by atoms with Gasteiger partial charge in [0.1, 0.15) is 5.75 Å². The Morgan fingerprint density at radius 3 is 2.53 bits per heavy atom. The van der Waals surface area contributed by atoms with Crippen LogP contribution < -0.4 is 5.32 Å². The van der Waals surface area contributed by atoms with Gasteiger partial charge < -0.3 is 15.5 Å². The molecule has 0 saturated heterocycles. The molecule has 1 amide bonds. The standard InChI is InChI=1S/C14H19NO4/c1-4-14(3,13(18)19)8-15-12(17)10-7-5-6-9(2)11(10)16/h5-7,16H,4,8H2,1-3H3,(H,15,17)(H,18,19). The highest BCUT2D eigenvalue weighted by Gasteiger charge is 2.31. The Balaban J connectivity index is 2.81. The molecule has 1 atom stereocenters. The molecule has 104 valence electrons. The van der Waals surface area contributed by atoms with Gasteiger partial charge in [-0.1, -0.05) is 19.1 Å². The number of hydrogen-bond acceptors (Lipinski definition) is 3. The van der Waals surface area contributed by atoms with Gasteiger partial charge in [-0.05, 0) is 31.9 Å². The number of rotatable bonds is 5. The van der Waals surface area contributed by atoms with Crippen molar-refractivity contribution < 1.29 is 19.8 Å². The fourth-order valence-corrected chi connectivity index (χ4v) is 1.56. The first-order chi connectivity index (χ1) is 8.81. The molecule has 1 unspecified atom stereocenters. The van der Waals surface area contributed by atoms with E-state index in [1.807, 2.05) is 0 Å². The lowest BCUT2D eigenvalue weighted by atomic mass is 9.87. The molecule has 0 radical (unpaired) electrons. The van der Waals surface area contributed by atoms with Crippen LogP contribution in [0.2, 0.25) is 0 Å². The van der Waals surface area contributed by atoms with Gasteiger partial charge in [0.05, 0.1) is 11.0 Å². The number of benzene rings is 1. The van der Waals surface area contributed by atoms with E-state index in [0.29, 0.717) is 12.0 Å². The third-order valence-electron chi connectivity index (χ3n) is 3.42. The van der Waals surface area contributed by atoms with Crippen LogP contribution in [0.1, 0.15) is 36.2 Å². The number of carbonyl (C=O) groups is 2. The summed E-state index contributed by atoms with van der Waals surface area (Å²) in [5.41, 5.74) is -0.247. The Hall–Kier alpha value is -2.04. The smallest absolute Gasteiger partial charge is 0.311 e. The van der Waals surface area contributed by atoms with Crippen molar-refractivity contribution in [2.75, 3.05) is 6.54 Å². The maximum absolute atomic E-state index is 11.9. The molecule has 1 rings (SSSR count). The molecular formula is C14H19NO4. The van der Waals surface area contributed by atoms with Crippen molar-refractivity contribution >= 4 is 11.9 Å². The SMILES string of the molecule is CCC(C)(CNC(=O)c1cccc(C)c1O)C(=O)O. The minimum atomic E-state index is -1.00. The summed E-state index contributed by atoms with van der Waals surface area (Å²) >= 11 is 0. The van der Waals surface area contributed by atoms with Crippen molar-refractivity contribution in [2.24, 2.45) is 5.41 Å². The fraction of sp³-hybridized carbons (Fsp3) is 0.429. The van der Waals surface area contributed by atoms with Crippen LogP contribution in [0.5, 0.6) is 5.75 Å². The lowest BCUT2D eigenvalue weighted by Crippen LogP contribution is -2.40. The predicted octanol–water partition coefficient (Wildman–Crippen LogP) is 1.93. The average molecular weight is 265 g/mol. The number of aliphatic carboxylic acids is 1. The number of para-hydroxylation sites is 1. The maximum atomic E-state index is 11.9. The maximum Gasteiger partial charge on any atom is 0.311 e. The zero-order valence-corrected chi connectivity index (χ0v) is 11.4. The Morgan fingerprint density at radius 2 is 2.00 bits per heavy atom. The molecule has 0 spiro atoms. The molecule has 0 aliphatic carbocycles. The zero-order valence-electron chi connectivity index (χ0n) is 11.4. The Morgan fingerprint density at radius 1 is 1.37 bits per heavy atom. The lowest BCUT2D eigenvalue weighted by molar-refractivity contribution is -0.147. The van der Waals surface area contributed by atoms with Crippen LogP contribution in [0, 0.1) is 12.3 Å². The van der Waals surface area contributed by atoms with Crippen LogP contribution in [0.15, 0.2) is 18.2 Å². The van der Waals surface area contributed by atoms with Gasteiger partial charge in [0.2, 0.25) is 0 Å². The first-order valence-electron chi connectivity index (χ1n) is 6.12. The number of aromatic hydroxyl groups is 1. The lowest BCUT2D eigenvalue weighted by Gasteiger charge is -2.23. The van der Waals surface area contributed by atoms with E-state index < -0.39 is 17.3 Å². The summed E-state index contributed by atoms with van der Waals surface area (Å²) in [6, 6.07) is 4.86. The highest BCUT2D eigenvalue weighted by molar-refractivity contribution is 5.97. The van der Waals surface area contributed by atoms with Crippen LogP contribution in [0.3, 0.4) is 0 Å². The highest BCUT2D eigenvalue weighted by Crippen LogP contribution is 2.23. The third kappa shape index (κ3) is 3.24. The second kappa shape index (κ2) is 5.73. The second-order valence-corrected chi connectivity index (χ2v) is 4.87. The summed E-state index contributed by atoms with van der Waals surface area (Å²) in [7, 11) is 0. The number of aryl methyl sites for hydroxylation is 1. The molecule has 0 aliphatic rings. The summed E-state index contributed by atoms with van der Waals surface area (Å²) in [5.74, 6) is -1.50. The molecule has 0 bridgehead atoms. The van der Waals surface area contributed by atoms with E-state index in [0.717, 1.165) is 0 Å². The van der Waals surface area contributed by atoms with Gasteiger partial charge in [0.15, 0.2) is 0 Å². The van der Waals surface area contributed by atoms with Gasteiger partial charge in [-0.25, -0.2) is 0 Å². The molecule has 1 aromatic carbocycles. The van der Waals surface area contributed by atoms with Gasteiger partial charge in [-0.2, -0.15) is 0 Å². The van der Waals surface area contributed by atoms with Crippen molar-refractivity contribution in [1.82, 2.24) is 5.32 Å². The normalized spacial score (nSPS) is 13.6. The van der Waals surface area contributed by atoms with E-state index in [1.165, 1.54) is 6.07 Å². The van der Waals surface area contributed by atoms with Gasteiger partial charge in [0, 0.05) is 6.54 Å². The Bertz CT molecular complexity index is 498. The molecule has 5 nitrogen and oxygen atoms in total. The van der Waals surface area contributed by atoms with Gasteiger partial charge in [-0.3, -0.25) is 9.59 Å². The largest absolute Gasteiger partial charge is 0.507 e. The zero-order chi connectivity index (χ0) is 14.6. The molecule has 3 N–H and O–H groups in total. The van der Waals surface area contributed by atoms with Crippen molar-refractivity contribution in [1.29, 1.82) is 0 Å². The van der Waals surface area contributed by atoms with E-state index in [2.05, 4.69) is 5.32 Å². The molecule has 0 fully saturated rings. The van der Waals surface area contributed by atoms with Crippen molar-refractivity contribution in [3.63, 3.8) is 0 Å². The molecular weight excluding hydrogens is 246 g/mol. The minimum absolute atomic E-state index is 0.0189. The third-order valence-corrected chi connectivity index (χ3v) is 3.42. The number of phenolic OH excluding ortho intramolecular Hbond substituents is 1. The summed E-state index contributed by atoms with van der Waals surface area (Å²) < 4.78 is 0. The van der Waals surface area contributed by atoms with Crippen molar-refractivity contribution in [2.45, 2.75) is 27.2 Å². The molecule has 0 heterocycles. The molecule has 19 heavy (non-hydrogen) atoms. The molecule has 0 saturated carbocycles. The number of nitrogens with one attached hydrogen (secondary N) is 1. The molecule has 0 aromatic heterocycles. The molecule has 5 heteroatoms. The number of amides is 1. The van der Waals surface area contributed by atoms with E-state index in [9.17, 15) is 14.7 Å². The second-order valence-electron chi connectivity index (χ2n) is 4.87. The predicted molar refractivity (Wildman–Crippen MR) is 71.2 cm³/mol. The van der Waals surface area contributed by atoms with Gasteiger partial charge in [-0.15, -0.1) is 0 Å². The average Bonchev–Trinajstić information content (AvgIpc) is 2.38. The molecule has 1 aromatic rings. The van der Waals surface area contributed by atoms with E-state index >= 15 is 0 Å². The van der Waals surface area contributed by atoms with Crippen LogP contribution >= 0.6 is 0 Å². The monoisotopic (exact) mass is 265 g/mol. The fourth-order valence-electron chi connectivity index (χ4n) is 1.56. The van der Waals surface area contributed by atoms with Crippen molar-refractivity contribution in [3.05, 3.63) is 29.3 Å². The minimum Gasteiger partial charge on any atom is -0.507 e. The van der Waals surface area contributed by atoms with E-state index in [1.54, 1.807) is 32.9 Å². The topological polar surface area (TPSA) is 86.6 Å². The number of hydrogen-bond donors (Lipinski definition) is 3. The summed E-state index contributed by atoms with van der Waals surface area (Å²) in [4.78, 5) is 23.1. The van der Waals surface area contributed by atoms with E-state index in [-0.39, 0.29) is 17.9 Å². The highest BCUT2D eigenvalue weighted by atomic mass is 16.4. The van der Waals surface area contributed by atoms with Crippen LogP contribution in [0.25, 0.3) is 0 Å². The summed E-state index contributed by atoms with van der Waals surface area (Å²) in [6.45, 7) is 5.04. The number of phenols is 1. The quantitative estimate of drug-likeness (QED) is 0.759. The Kier molecular flexibility index (Phi) is 4.53. The van der Waals surface area contributed by atoms with Gasteiger partial charge >= 0.3 is 5.97 Å². The van der Waals surface area contributed by atoms with Crippen LogP contribution in [0.4, 0.5) is 0 Å². The van der Waals surface area contributed by atoms with Crippen LogP contribution in [-0.4, -0.2) is 28.6 Å². The summed E-state index contributed by atoms with van der Waals surface area (Å²) in [6.07, 6.45) is 0.405. The number of carboxylic acid groups (broad SMARTS) is 1. The van der Waals surface area contributed by atoms with E-state index in [4.69, 9.17) is 5.11 Å². The van der Waals surface area contributed by atoms with Crippen molar-refractivity contribution in [3.8, 4) is 5.75 Å². The number of carboxylic acids is 1. The Labute approximate surface area is 112 Å². The molecule has 0 aliphatic heterocycles.